The highest BCUT2D eigenvalue weighted by Gasteiger charge is 2.25. The molecule has 0 fully saturated rings. The largest absolute Gasteiger partial charge is 0.455 e. The van der Waals surface area contributed by atoms with Gasteiger partial charge < -0.3 is 9.32 Å². The Kier molecular flexibility index (Phi) is 8.55. The zero-order valence-electron chi connectivity index (χ0n) is 30.7. The highest BCUT2D eigenvalue weighted by molar-refractivity contribution is 6.11. The van der Waals surface area contributed by atoms with E-state index in [1.807, 2.05) is 6.07 Å². The van der Waals surface area contributed by atoms with Crippen LogP contribution in [0.3, 0.4) is 0 Å². The summed E-state index contributed by atoms with van der Waals surface area (Å²) in [7, 11) is 0. The van der Waals surface area contributed by atoms with Crippen LogP contribution in [0.4, 0.5) is 17.1 Å². The number of furan rings is 1. The first-order valence-electron chi connectivity index (χ1n) is 19.1. The summed E-state index contributed by atoms with van der Waals surface area (Å²) in [6.45, 7) is 0. The number of nitrogens with zero attached hydrogens (tertiary/aromatic N) is 1. The summed E-state index contributed by atoms with van der Waals surface area (Å²) in [5.41, 5.74) is 16.4. The van der Waals surface area contributed by atoms with Gasteiger partial charge in [0.2, 0.25) is 0 Å². The lowest BCUT2D eigenvalue weighted by molar-refractivity contribution is 0.670. The molecule has 0 bridgehead atoms. The van der Waals surface area contributed by atoms with Crippen molar-refractivity contribution in [3.8, 4) is 55.6 Å². The number of para-hydroxylation sites is 3. The standard InChI is InChI=1S/C54H37NO/c1-4-18-38(19-5-1)39-34-36-42(37-35-39)55(50-31-14-12-25-45(50)48-29-16-30-49-46-26-13-15-33-52(46)56-54(48)49)51-32-17-28-44(41-22-8-3-9-23-41)53(51)47-27-11-10-24-43(47)40-20-6-2-7-21-40/h1-37H. The van der Waals surface area contributed by atoms with Crippen LogP contribution in [-0.4, -0.2) is 0 Å². The Hall–Kier alpha value is -7.42. The van der Waals surface area contributed by atoms with Crippen molar-refractivity contribution in [2.75, 3.05) is 4.90 Å². The number of fused-ring (bicyclic) bond motifs is 3. The van der Waals surface area contributed by atoms with Gasteiger partial charge >= 0.3 is 0 Å². The van der Waals surface area contributed by atoms with E-state index in [-0.39, 0.29) is 0 Å². The molecule has 0 amide bonds. The van der Waals surface area contributed by atoms with Gasteiger partial charge in [0.05, 0.1) is 11.4 Å². The van der Waals surface area contributed by atoms with Gasteiger partial charge in [-0.15, -0.1) is 0 Å². The molecule has 0 unspecified atom stereocenters. The van der Waals surface area contributed by atoms with Gasteiger partial charge in [0.25, 0.3) is 0 Å². The van der Waals surface area contributed by atoms with Crippen LogP contribution >= 0.6 is 0 Å². The van der Waals surface area contributed by atoms with Gasteiger partial charge in [-0.05, 0) is 69.3 Å². The van der Waals surface area contributed by atoms with E-state index in [1.54, 1.807) is 0 Å². The molecule has 2 heteroatoms. The normalized spacial score (nSPS) is 11.2. The molecule has 9 aromatic carbocycles. The minimum atomic E-state index is 0.883. The number of benzene rings is 9. The van der Waals surface area contributed by atoms with Crippen LogP contribution in [0.15, 0.2) is 229 Å². The Morgan fingerprint density at radius 2 is 0.768 bits per heavy atom. The lowest BCUT2D eigenvalue weighted by Crippen LogP contribution is -2.13. The van der Waals surface area contributed by atoms with Crippen LogP contribution in [0.2, 0.25) is 0 Å². The summed E-state index contributed by atoms with van der Waals surface area (Å²) in [6, 6.07) is 80.1. The Morgan fingerprint density at radius 3 is 1.50 bits per heavy atom. The molecule has 0 saturated carbocycles. The number of hydrogen-bond donors (Lipinski definition) is 0. The molecule has 10 aromatic rings. The summed E-state index contributed by atoms with van der Waals surface area (Å²) < 4.78 is 6.67. The third-order valence-corrected chi connectivity index (χ3v) is 10.7. The second kappa shape index (κ2) is 14.4. The first kappa shape index (κ1) is 33.2. The van der Waals surface area contributed by atoms with Crippen molar-refractivity contribution in [2.45, 2.75) is 0 Å². The molecule has 0 N–H and O–H groups in total. The van der Waals surface area contributed by atoms with Crippen LogP contribution in [0.5, 0.6) is 0 Å². The molecule has 0 spiro atoms. The van der Waals surface area contributed by atoms with Crippen molar-refractivity contribution in [2.24, 2.45) is 0 Å². The molecule has 264 valence electrons. The highest BCUT2D eigenvalue weighted by Crippen LogP contribution is 2.50. The van der Waals surface area contributed by atoms with Gasteiger partial charge in [0, 0.05) is 33.2 Å². The van der Waals surface area contributed by atoms with E-state index in [4.69, 9.17) is 4.42 Å². The second-order valence-electron chi connectivity index (χ2n) is 14.0. The third-order valence-electron chi connectivity index (χ3n) is 10.7. The zero-order valence-corrected chi connectivity index (χ0v) is 30.7. The smallest absolute Gasteiger partial charge is 0.143 e. The predicted octanol–water partition coefficient (Wildman–Crippen LogP) is 15.4. The van der Waals surface area contributed by atoms with Crippen LogP contribution in [0, 0.1) is 0 Å². The lowest BCUT2D eigenvalue weighted by Gasteiger charge is -2.31. The summed E-state index contributed by atoms with van der Waals surface area (Å²) in [4.78, 5) is 2.44. The molecule has 1 heterocycles. The van der Waals surface area contributed by atoms with Crippen molar-refractivity contribution in [1.29, 1.82) is 0 Å². The first-order valence-corrected chi connectivity index (χ1v) is 19.1. The monoisotopic (exact) mass is 715 g/mol. The van der Waals surface area contributed by atoms with Crippen molar-refractivity contribution >= 4 is 39.0 Å². The fraction of sp³-hybridized carbons (Fsp3) is 0. The molecule has 10 rings (SSSR count). The minimum Gasteiger partial charge on any atom is -0.455 e. The Balaban J connectivity index is 1.27. The van der Waals surface area contributed by atoms with Gasteiger partial charge in [0.1, 0.15) is 11.2 Å². The second-order valence-corrected chi connectivity index (χ2v) is 14.0. The lowest BCUT2D eigenvalue weighted by atomic mass is 9.87. The van der Waals surface area contributed by atoms with Crippen LogP contribution < -0.4 is 4.90 Å². The fourth-order valence-electron chi connectivity index (χ4n) is 8.14. The van der Waals surface area contributed by atoms with Gasteiger partial charge in [0.15, 0.2) is 0 Å². The maximum absolute atomic E-state index is 6.67. The number of rotatable bonds is 8. The molecule has 0 atom stereocenters. The molecular formula is C54H37NO. The molecule has 0 saturated heterocycles. The molecular weight excluding hydrogens is 679 g/mol. The van der Waals surface area contributed by atoms with Crippen molar-refractivity contribution in [1.82, 2.24) is 0 Å². The van der Waals surface area contributed by atoms with Crippen molar-refractivity contribution in [3.63, 3.8) is 0 Å². The van der Waals surface area contributed by atoms with E-state index in [9.17, 15) is 0 Å². The minimum absolute atomic E-state index is 0.883. The fourth-order valence-corrected chi connectivity index (χ4v) is 8.14. The summed E-state index contributed by atoms with van der Waals surface area (Å²) in [5, 5.41) is 2.22. The number of anilines is 3. The zero-order chi connectivity index (χ0) is 37.3. The first-order chi connectivity index (χ1) is 27.8. The Labute approximate surface area is 327 Å². The topological polar surface area (TPSA) is 16.4 Å². The average Bonchev–Trinajstić information content (AvgIpc) is 3.67. The van der Waals surface area contributed by atoms with Crippen molar-refractivity contribution in [3.05, 3.63) is 224 Å². The Morgan fingerprint density at radius 1 is 0.286 bits per heavy atom. The number of hydrogen-bond acceptors (Lipinski definition) is 2. The molecule has 0 radical (unpaired) electrons. The van der Waals surface area contributed by atoms with Crippen LogP contribution in [0.25, 0.3) is 77.6 Å². The van der Waals surface area contributed by atoms with E-state index >= 15 is 0 Å². The van der Waals surface area contributed by atoms with Gasteiger partial charge in [-0.3, -0.25) is 0 Å². The summed E-state index contributed by atoms with van der Waals surface area (Å²) in [6.07, 6.45) is 0. The molecule has 0 aliphatic heterocycles. The SMILES string of the molecule is c1ccc(-c2ccc(N(c3ccccc3-c3cccc4c3oc3ccccc34)c3cccc(-c4ccccc4)c3-c3ccccc3-c3ccccc3)cc2)cc1. The molecule has 2 nitrogen and oxygen atoms in total. The van der Waals surface area contributed by atoms with Gasteiger partial charge in [-0.1, -0.05) is 194 Å². The third kappa shape index (κ3) is 5.95. The van der Waals surface area contributed by atoms with Gasteiger partial charge in [-0.2, -0.15) is 0 Å². The van der Waals surface area contributed by atoms with Gasteiger partial charge in [-0.25, -0.2) is 0 Å². The van der Waals surface area contributed by atoms with Crippen LogP contribution in [0.1, 0.15) is 0 Å². The van der Waals surface area contributed by atoms with E-state index in [0.29, 0.717) is 0 Å². The highest BCUT2D eigenvalue weighted by atomic mass is 16.3. The van der Waals surface area contributed by atoms with E-state index in [0.717, 1.165) is 72.4 Å². The molecule has 0 aliphatic carbocycles. The predicted molar refractivity (Wildman–Crippen MR) is 236 cm³/mol. The van der Waals surface area contributed by atoms with Crippen molar-refractivity contribution < 1.29 is 4.42 Å². The van der Waals surface area contributed by atoms with E-state index in [1.165, 1.54) is 22.3 Å². The molecule has 56 heavy (non-hydrogen) atoms. The molecule has 1 aromatic heterocycles. The van der Waals surface area contributed by atoms with E-state index in [2.05, 4.69) is 223 Å². The average molecular weight is 716 g/mol. The van der Waals surface area contributed by atoms with E-state index < -0.39 is 0 Å². The Bertz CT molecular complexity index is 2950. The maximum Gasteiger partial charge on any atom is 0.143 e. The van der Waals surface area contributed by atoms with Crippen LogP contribution in [-0.2, 0) is 0 Å². The quantitative estimate of drug-likeness (QED) is 0.156. The summed E-state index contributed by atoms with van der Waals surface area (Å²) >= 11 is 0. The summed E-state index contributed by atoms with van der Waals surface area (Å²) in [5.74, 6) is 0. The molecule has 0 aliphatic rings. The maximum atomic E-state index is 6.67.